The van der Waals surface area contributed by atoms with Crippen LogP contribution < -0.4 is 74.0 Å². The average Bonchev–Trinajstić information content (AvgIpc) is 1.93. The van der Waals surface area contributed by atoms with Gasteiger partial charge in [-0.25, -0.2) is 4.57 Å². The van der Waals surface area contributed by atoms with E-state index >= 15 is 0 Å². The van der Waals surface area contributed by atoms with E-state index in [1.807, 2.05) is 0 Å². The van der Waals surface area contributed by atoms with Gasteiger partial charge in [0.25, 0.3) is 0 Å². The fourth-order valence-electron chi connectivity index (χ4n) is 0.874. The zero-order chi connectivity index (χ0) is 13.9. The fraction of sp³-hybridized carbons (Fsp3) is 0.900. The molecule has 0 fully saturated rings. The maximum absolute atomic E-state index is 12.2. The minimum Gasteiger partial charge on any atom is -0.548 e. The third-order valence-corrected chi connectivity index (χ3v) is 3.10. The van der Waals surface area contributed by atoms with Crippen LogP contribution in [0.2, 0.25) is 0 Å². The first-order valence-corrected chi connectivity index (χ1v) is 6.65. The van der Waals surface area contributed by atoms with Crippen molar-refractivity contribution in [3.63, 3.8) is 0 Å². The molecule has 0 heterocycles. The van der Waals surface area contributed by atoms with Crippen molar-refractivity contribution in [1.82, 2.24) is 0 Å². The van der Waals surface area contributed by atoms with Crippen molar-refractivity contribution in [2.75, 3.05) is 6.61 Å². The zero-order valence-electron chi connectivity index (χ0n) is 12.1. The first-order valence-electron chi connectivity index (χ1n) is 5.19. The molecule has 0 saturated carbocycles. The van der Waals surface area contributed by atoms with Gasteiger partial charge in [-0.2, -0.15) is 0 Å². The molecule has 0 spiro atoms. The van der Waals surface area contributed by atoms with Crippen LogP contribution in [0.15, 0.2) is 0 Å². The van der Waals surface area contributed by atoms with Gasteiger partial charge < -0.3 is 9.90 Å². The van der Waals surface area contributed by atoms with Gasteiger partial charge in [0.15, 0.2) is 0 Å². The Morgan fingerprint density at radius 1 is 1.06 bits per heavy atom. The quantitative estimate of drug-likeness (QED) is 0.523. The number of carbonyl (C=O) groups excluding carboxylic acids is 1. The van der Waals surface area contributed by atoms with Crippen LogP contribution in [0.3, 0.4) is 0 Å². The Morgan fingerprint density at radius 3 is 1.61 bits per heavy atom. The molecule has 0 bridgehead atoms. The maximum Gasteiger partial charge on any atom is 1.00 e. The number of hydrogen-bond donors (Lipinski definition) is 0. The van der Waals surface area contributed by atoms with Crippen molar-refractivity contribution >= 4 is 13.8 Å². The molecule has 0 N–H and O–H groups in total. The minimum atomic E-state index is -3.94. The molecule has 102 valence electrons. The molecule has 18 heavy (non-hydrogen) atoms. The van der Waals surface area contributed by atoms with Crippen LogP contribution in [0.4, 0.5) is 0 Å². The van der Waals surface area contributed by atoms with Gasteiger partial charge in [0.05, 0.1) is 23.8 Å². The van der Waals surface area contributed by atoms with Crippen molar-refractivity contribution in [1.29, 1.82) is 0 Å². The number of carbonyl (C=O) groups is 1. The largest absolute Gasteiger partial charge is 1.00 e. The van der Waals surface area contributed by atoms with Crippen molar-refractivity contribution in [2.45, 2.75) is 52.7 Å². The Morgan fingerprint density at radius 2 is 1.39 bits per heavy atom. The van der Waals surface area contributed by atoms with Gasteiger partial charge in [0.2, 0.25) is 0 Å². The van der Waals surface area contributed by atoms with Gasteiger partial charge in [-0.05, 0) is 41.5 Å². The molecule has 6 nitrogen and oxygen atoms in total. The topological polar surface area (TPSA) is 84.9 Å². The third-order valence-electron chi connectivity index (χ3n) is 1.11. The van der Waals surface area contributed by atoms with Crippen LogP contribution in [0, 0.1) is 0 Å². The predicted molar refractivity (Wildman–Crippen MR) is 60.2 cm³/mol. The number of phosphoric ester groups is 1. The monoisotopic (exact) mass is 400 g/mol. The summed E-state index contributed by atoms with van der Waals surface area (Å²) in [6.45, 7) is 9.12. The normalized spacial score (nSPS) is 13.0. The van der Waals surface area contributed by atoms with Gasteiger partial charge in [-0.1, -0.05) is 0 Å². The molecule has 0 aromatic carbocycles. The zero-order valence-corrected chi connectivity index (χ0v) is 19.3. The van der Waals surface area contributed by atoms with E-state index in [4.69, 9.17) is 13.6 Å². The van der Waals surface area contributed by atoms with E-state index in [9.17, 15) is 14.5 Å². The summed E-state index contributed by atoms with van der Waals surface area (Å²) < 4.78 is 27.2. The number of carboxylic acid groups (broad SMARTS) is 1. The van der Waals surface area contributed by atoms with Crippen molar-refractivity contribution in [2.24, 2.45) is 0 Å². The number of hydrogen-bond acceptors (Lipinski definition) is 6. The van der Waals surface area contributed by atoms with Gasteiger partial charge >= 0.3 is 76.7 Å². The van der Waals surface area contributed by atoms with Crippen molar-refractivity contribution in [3.8, 4) is 0 Å². The molecule has 0 amide bonds. The number of rotatable bonds is 5. The summed E-state index contributed by atoms with van der Waals surface area (Å²) in [4.78, 5) is 10.3. The molecule has 0 aliphatic rings. The average molecular weight is 400 g/mol. The molecule has 0 aliphatic carbocycles. The summed E-state index contributed by atoms with van der Waals surface area (Å²) in [7, 11) is -3.94. The predicted octanol–water partition coefficient (Wildman–Crippen LogP) is -1.50. The van der Waals surface area contributed by atoms with Gasteiger partial charge in [-0.3, -0.25) is 13.6 Å². The van der Waals surface area contributed by atoms with E-state index < -0.39 is 31.6 Å². The van der Waals surface area contributed by atoms with E-state index in [1.54, 1.807) is 41.5 Å². The van der Waals surface area contributed by atoms with E-state index in [0.29, 0.717) is 0 Å². The molecule has 0 aromatic heterocycles. The van der Waals surface area contributed by atoms with E-state index in [0.717, 1.165) is 0 Å². The molecule has 0 radical (unpaired) electrons. The Balaban J connectivity index is 0. The standard InChI is InChI=1S/C10H21O6P.Cs/c1-9(2,3)15-17(13,14-7-8(11)12)16-10(4,5)6;/h7H2,1-6H3,(H,11,12);/q;+1/p-1. The molecular formula is C10H20CsO6P. The van der Waals surface area contributed by atoms with Crippen LogP contribution in [-0.2, 0) is 22.9 Å². The van der Waals surface area contributed by atoms with Gasteiger partial charge in [0, 0.05) is 0 Å². The third kappa shape index (κ3) is 12.7. The summed E-state index contributed by atoms with van der Waals surface area (Å²) >= 11 is 0. The molecule has 0 unspecified atom stereocenters. The summed E-state index contributed by atoms with van der Waals surface area (Å²) in [5, 5.41) is 10.3. The minimum absolute atomic E-state index is 0. The Bertz CT molecular complexity index is 297. The molecule has 0 saturated heterocycles. The Hall–Kier alpha value is 1.63. The molecule has 0 rings (SSSR count). The van der Waals surface area contributed by atoms with Crippen molar-refractivity contribution in [3.05, 3.63) is 0 Å². The summed E-state index contributed by atoms with van der Waals surface area (Å²) in [5.74, 6) is -1.49. The fourth-order valence-corrected chi connectivity index (χ4v) is 2.62. The summed E-state index contributed by atoms with van der Waals surface area (Å²) in [6, 6.07) is 0. The van der Waals surface area contributed by atoms with Crippen LogP contribution >= 0.6 is 7.82 Å². The Kier molecular flexibility index (Phi) is 9.95. The molecule has 0 aliphatic heterocycles. The van der Waals surface area contributed by atoms with E-state index in [1.165, 1.54) is 0 Å². The second-order valence-electron chi connectivity index (χ2n) is 5.50. The van der Waals surface area contributed by atoms with Gasteiger partial charge in [0.1, 0.15) is 0 Å². The smallest absolute Gasteiger partial charge is 0.548 e. The first-order chi connectivity index (χ1) is 7.33. The van der Waals surface area contributed by atoms with Crippen LogP contribution in [-0.4, -0.2) is 23.8 Å². The van der Waals surface area contributed by atoms with Gasteiger partial charge in [-0.15, -0.1) is 0 Å². The first kappa shape index (κ1) is 21.9. The second kappa shape index (κ2) is 8.17. The van der Waals surface area contributed by atoms with Crippen LogP contribution in [0.5, 0.6) is 0 Å². The Labute approximate surface area is 167 Å². The molecule has 0 atom stereocenters. The number of carboxylic acids is 1. The second-order valence-corrected chi connectivity index (χ2v) is 7.02. The van der Waals surface area contributed by atoms with Crippen molar-refractivity contribution < 1.29 is 96.9 Å². The number of aliphatic carboxylic acids is 1. The van der Waals surface area contributed by atoms with E-state index in [-0.39, 0.29) is 68.9 Å². The SMILES string of the molecule is CC(C)(C)OP(=O)(OCC(=O)[O-])OC(C)(C)C.[Cs+]. The molecule has 0 aromatic rings. The van der Waals surface area contributed by atoms with Crippen LogP contribution in [0.25, 0.3) is 0 Å². The van der Waals surface area contributed by atoms with E-state index in [2.05, 4.69) is 0 Å². The molecular weight excluding hydrogens is 380 g/mol. The number of phosphoric acid groups is 1. The summed E-state index contributed by atoms with van der Waals surface area (Å²) in [5.41, 5.74) is -1.57. The molecule has 8 heteroatoms. The summed E-state index contributed by atoms with van der Waals surface area (Å²) in [6.07, 6.45) is 0. The van der Waals surface area contributed by atoms with Crippen LogP contribution in [0.1, 0.15) is 41.5 Å². The maximum atomic E-state index is 12.2.